The lowest BCUT2D eigenvalue weighted by Gasteiger charge is -2.18. The van der Waals surface area contributed by atoms with Crippen molar-refractivity contribution in [2.45, 2.75) is 24.7 Å². The van der Waals surface area contributed by atoms with E-state index in [1.807, 2.05) is 0 Å². The Morgan fingerprint density at radius 3 is 0.833 bits per heavy atom. The number of nitrogens with zero attached hydrogens (tertiary/aromatic N) is 8. The highest BCUT2D eigenvalue weighted by Crippen LogP contribution is 2.59. The molecular formula is C38H4F14N8. The Bertz CT molecular complexity index is 2730. The summed E-state index contributed by atoms with van der Waals surface area (Å²) >= 11 is 0. The van der Waals surface area contributed by atoms with Crippen molar-refractivity contribution in [1.29, 1.82) is 42.1 Å². The van der Waals surface area contributed by atoms with Crippen LogP contribution < -0.4 is 0 Å². The van der Waals surface area contributed by atoms with Crippen LogP contribution in [-0.2, 0) is 24.7 Å². The number of halogens is 14. The van der Waals surface area contributed by atoms with Gasteiger partial charge in [-0.1, -0.05) is 0 Å². The van der Waals surface area contributed by atoms with E-state index in [4.69, 9.17) is 0 Å². The van der Waals surface area contributed by atoms with Crippen LogP contribution >= 0.6 is 0 Å². The zero-order chi connectivity index (χ0) is 45.2. The molecule has 5 rings (SSSR count). The second-order valence-electron chi connectivity index (χ2n) is 11.9. The summed E-state index contributed by atoms with van der Waals surface area (Å²) in [6, 6.07) is 9.30. The molecule has 0 unspecified atom stereocenters. The minimum atomic E-state index is -5.92. The first-order chi connectivity index (χ1) is 27.8. The molecule has 0 atom stereocenters. The van der Waals surface area contributed by atoms with Gasteiger partial charge in [-0.3, -0.25) is 0 Å². The fourth-order valence-corrected chi connectivity index (χ4v) is 6.66. The van der Waals surface area contributed by atoms with Crippen molar-refractivity contribution in [3.05, 3.63) is 114 Å². The summed E-state index contributed by atoms with van der Waals surface area (Å²) in [5.41, 5.74) is -30.1. The Morgan fingerprint density at radius 2 is 0.633 bits per heavy atom. The number of benzene rings is 3. The molecule has 0 aliphatic heterocycles. The SMILES string of the molecule is N#CC(C#N)=C1C(c2cc(C(F)(F)F)c(F)c(C(F)(F)F)c2)=C(C#N)c2c(C#N)c3c(c(C#N)c21)C(=C(C#N)C#N)C(c1cc(C(F)(F)F)c(F)c(C(F)(F)F)c1)=C3C#N. The molecule has 0 saturated carbocycles. The summed E-state index contributed by atoms with van der Waals surface area (Å²) in [6.07, 6.45) is -23.7. The van der Waals surface area contributed by atoms with Gasteiger partial charge in [0.25, 0.3) is 0 Å². The van der Waals surface area contributed by atoms with Crippen molar-refractivity contribution < 1.29 is 61.5 Å². The molecule has 60 heavy (non-hydrogen) atoms. The van der Waals surface area contributed by atoms with E-state index in [1.165, 1.54) is 48.6 Å². The number of hydrogen-bond donors (Lipinski definition) is 0. The molecule has 22 heteroatoms. The molecule has 2 aliphatic carbocycles. The summed E-state index contributed by atoms with van der Waals surface area (Å²) in [5.74, 6) is -5.74. The van der Waals surface area contributed by atoms with Gasteiger partial charge in [-0.05, 0) is 35.4 Å². The van der Waals surface area contributed by atoms with E-state index >= 15 is 0 Å². The normalized spacial score (nSPS) is 13.5. The molecule has 0 heterocycles. The van der Waals surface area contributed by atoms with E-state index in [1.54, 1.807) is 0 Å². The van der Waals surface area contributed by atoms with Crippen LogP contribution in [0.4, 0.5) is 61.5 Å². The predicted octanol–water partition coefficient (Wildman–Crippen LogP) is 10.3. The molecule has 0 spiro atoms. The van der Waals surface area contributed by atoms with Crippen molar-refractivity contribution in [2.24, 2.45) is 0 Å². The lowest BCUT2D eigenvalue weighted by molar-refractivity contribution is -0.149. The largest absolute Gasteiger partial charge is 0.419 e. The lowest BCUT2D eigenvalue weighted by atomic mass is 9.82. The molecule has 3 aromatic rings. The summed E-state index contributed by atoms with van der Waals surface area (Å²) in [4.78, 5) is 0. The van der Waals surface area contributed by atoms with E-state index < -0.39 is 148 Å². The van der Waals surface area contributed by atoms with Crippen molar-refractivity contribution in [3.8, 4) is 48.6 Å². The summed E-state index contributed by atoms with van der Waals surface area (Å²) in [7, 11) is 0. The Morgan fingerprint density at radius 1 is 0.383 bits per heavy atom. The third kappa shape index (κ3) is 6.36. The molecule has 8 nitrogen and oxygen atoms in total. The number of alkyl halides is 12. The zero-order valence-electron chi connectivity index (χ0n) is 28.2. The average Bonchev–Trinajstić information content (AvgIpc) is 3.67. The Labute approximate surface area is 324 Å². The number of nitriles is 8. The predicted molar refractivity (Wildman–Crippen MR) is 170 cm³/mol. The highest BCUT2D eigenvalue weighted by atomic mass is 19.4. The van der Waals surface area contributed by atoms with Crippen LogP contribution in [-0.4, -0.2) is 0 Å². The fourth-order valence-electron chi connectivity index (χ4n) is 6.66. The third-order valence-electron chi connectivity index (χ3n) is 8.84. The van der Waals surface area contributed by atoms with Crippen LogP contribution in [0.15, 0.2) is 35.4 Å². The summed E-state index contributed by atoms with van der Waals surface area (Å²) < 4.78 is 198. The number of hydrogen-bond acceptors (Lipinski definition) is 8. The van der Waals surface area contributed by atoms with E-state index in [-0.39, 0.29) is 24.3 Å². The number of rotatable bonds is 2. The minimum Gasteiger partial charge on any atom is -0.206 e. The average molecular weight is 838 g/mol. The van der Waals surface area contributed by atoms with Gasteiger partial charge in [-0.25, -0.2) is 8.78 Å². The van der Waals surface area contributed by atoms with Crippen LogP contribution in [0, 0.1) is 102 Å². The molecule has 0 amide bonds. The first-order valence-corrected chi connectivity index (χ1v) is 15.2. The van der Waals surface area contributed by atoms with Gasteiger partial charge >= 0.3 is 24.7 Å². The van der Waals surface area contributed by atoms with Crippen LogP contribution in [0.25, 0.3) is 33.4 Å². The summed E-state index contributed by atoms with van der Waals surface area (Å²) in [6.45, 7) is 0. The topological polar surface area (TPSA) is 190 Å². The highest BCUT2D eigenvalue weighted by Gasteiger charge is 2.48. The van der Waals surface area contributed by atoms with E-state index in [2.05, 4.69) is 0 Å². The zero-order valence-corrected chi connectivity index (χ0v) is 28.2. The van der Waals surface area contributed by atoms with Gasteiger partial charge < -0.3 is 0 Å². The molecule has 0 N–H and O–H groups in total. The van der Waals surface area contributed by atoms with Crippen LogP contribution in [0.1, 0.15) is 66.8 Å². The van der Waals surface area contributed by atoms with Crippen LogP contribution in [0.5, 0.6) is 0 Å². The quantitative estimate of drug-likeness (QED) is 0.180. The maximum atomic E-state index is 14.8. The minimum absolute atomic E-state index is 0.278. The molecule has 0 bridgehead atoms. The maximum absolute atomic E-state index is 14.8. The molecule has 0 aromatic heterocycles. The van der Waals surface area contributed by atoms with E-state index in [0.717, 1.165) is 0 Å². The second-order valence-corrected chi connectivity index (χ2v) is 11.9. The van der Waals surface area contributed by atoms with Gasteiger partial charge in [0.05, 0.1) is 44.5 Å². The molecule has 0 saturated heterocycles. The molecule has 0 fully saturated rings. The van der Waals surface area contributed by atoms with Gasteiger partial charge in [0.2, 0.25) is 0 Å². The van der Waals surface area contributed by atoms with Gasteiger partial charge in [0.1, 0.15) is 71.3 Å². The first kappa shape index (κ1) is 42.7. The van der Waals surface area contributed by atoms with Crippen molar-refractivity contribution in [1.82, 2.24) is 0 Å². The van der Waals surface area contributed by atoms with Crippen molar-refractivity contribution in [3.63, 3.8) is 0 Å². The number of allylic oxidation sites excluding steroid dienone is 8. The smallest absolute Gasteiger partial charge is 0.206 e. The maximum Gasteiger partial charge on any atom is 0.419 e. The van der Waals surface area contributed by atoms with Gasteiger partial charge in [0, 0.05) is 44.5 Å². The van der Waals surface area contributed by atoms with E-state index in [0.29, 0.717) is 0 Å². The molecular weight excluding hydrogens is 834 g/mol. The fraction of sp³-hybridized carbons (Fsp3) is 0.105. The molecule has 0 radical (unpaired) electrons. The van der Waals surface area contributed by atoms with Gasteiger partial charge in [0.15, 0.2) is 0 Å². The number of fused-ring (bicyclic) bond motifs is 2. The molecule has 2 aliphatic rings. The van der Waals surface area contributed by atoms with Gasteiger partial charge in [-0.15, -0.1) is 0 Å². The molecule has 3 aromatic carbocycles. The van der Waals surface area contributed by atoms with Crippen LogP contribution in [0.3, 0.4) is 0 Å². The first-order valence-electron chi connectivity index (χ1n) is 15.2. The van der Waals surface area contributed by atoms with E-state index in [9.17, 15) is 104 Å². The Kier molecular flexibility index (Phi) is 10.1. The monoisotopic (exact) mass is 838 g/mol. The lowest BCUT2D eigenvalue weighted by Crippen LogP contribution is -2.16. The van der Waals surface area contributed by atoms with Gasteiger partial charge in [-0.2, -0.15) is 94.8 Å². The Balaban J connectivity index is 2.16. The highest BCUT2D eigenvalue weighted by molar-refractivity contribution is 6.32. The third-order valence-corrected chi connectivity index (χ3v) is 8.84. The standard InChI is InChI=1S/C38H4F14N8/c39-33-21(35(41,42)43)1-13(2-22(33)36(44,45)46)25-17(9-57)29-19(11-59)30-18(10-58)26(14-3-23(37(47,48)49)34(40)24(4-14)38(50,51)52)28(16(7-55)8-56)32(30)20(12-60)31(29)27(25)15(5-53)6-54/h1-4H. The van der Waals surface area contributed by atoms with Crippen LogP contribution in [0.2, 0.25) is 0 Å². The second kappa shape index (κ2) is 14.2. The summed E-state index contributed by atoms with van der Waals surface area (Å²) in [5, 5.41) is 81.8. The van der Waals surface area contributed by atoms with Crippen molar-refractivity contribution in [2.75, 3.05) is 0 Å². The molecule has 294 valence electrons. The Hall–Kier alpha value is -8.44. The van der Waals surface area contributed by atoms with Crippen molar-refractivity contribution >= 4 is 33.4 Å².